The quantitative estimate of drug-likeness (QED) is 0.804. The lowest BCUT2D eigenvalue weighted by molar-refractivity contribution is -0.129. The molecular weight excluding hydrogens is 230 g/mol. The largest absolute Gasteiger partial charge is 0.342 e. The summed E-state index contributed by atoms with van der Waals surface area (Å²) in [5.74, 6) is 1.63. The van der Waals surface area contributed by atoms with Gasteiger partial charge in [0.2, 0.25) is 11.8 Å². The maximum absolute atomic E-state index is 11.9. The zero-order chi connectivity index (χ0) is 13.0. The van der Waals surface area contributed by atoms with Crippen LogP contribution in [-0.2, 0) is 11.2 Å². The van der Waals surface area contributed by atoms with Crippen molar-refractivity contribution in [1.29, 1.82) is 0 Å². The van der Waals surface area contributed by atoms with E-state index in [0.29, 0.717) is 11.8 Å². The highest BCUT2D eigenvalue weighted by molar-refractivity contribution is 5.78. The maximum Gasteiger partial charge on any atom is 0.236 e. The van der Waals surface area contributed by atoms with Gasteiger partial charge in [-0.2, -0.15) is 4.98 Å². The number of likely N-dealkylation sites (tertiary alicyclic amines) is 1. The van der Waals surface area contributed by atoms with Crippen molar-refractivity contribution in [2.24, 2.45) is 0 Å². The molecule has 0 unspecified atom stereocenters. The molecule has 100 valence electrons. The van der Waals surface area contributed by atoms with E-state index >= 15 is 0 Å². The monoisotopic (exact) mass is 251 g/mol. The van der Waals surface area contributed by atoms with E-state index in [1.54, 1.807) is 0 Å². The first-order chi connectivity index (χ1) is 8.74. The standard InChI is InChI=1S/C13H21N3O2/c1-3-10(4-2)13-14-11(18-15-13)9-12(17)16-7-5-6-8-16/h10H,3-9H2,1-2H3. The zero-order valence-electron chi connectivity index (χ0n) is 11.2. The summed E-state index contributed by atoms with van der Waals surface area (Å²) in [5, 5.41) is 3.98. The Balaban J connectivity index is 1.95. The van der Waals surface area contributed by atoms with E-state index in [4.69, 9.17) is 4.52 Å². The summed E-state index contributed by atoms with van der Waals surface area (Å²) >= 11 is 0. The van der Waals surface area contributed by atoms with E-state index in [0.717, 1.165) is 44.6 Å². The van der Waals surface area contributed by atoms with Gasteiger partial charge in [-0.05, 0) is 25.7 Å². The minimum absolute atomic E-state index is 0.104. The molecule has 1 aliphatic heterocycles. The number of aromatic nitrogens is 2. The Morgan fingerprint density at radius 3 is 2.61 bits per heavy atom. The maximum atomic E-state index is 11.9. The van der Waals surface area contributed by atoms with E-state index in [-0.39, 0.29) is 12.3 Å². The number of hydrogen-bond acceptors (Lipinski definition) is 4. The summed E-state index contributed by atoms with van der Waals surface area (Å²) in [7, 11) is 0. The molecule has 1 saturated heterocycles. The van der Waals surface area contributed by atoms with E-state index < -0.39 is 0 Å². The molecule has 0 N–H and O–H groups in total. The Labute approximate surface area is 108 Å². The predicted molar refractivity (Wildman–Crippen MR) is 67.1 cm³/mol. The van der Waals surface area contributed by atoms with Gasteiger partial charge in [-0.25, -0.2) is 0 Å². The average molecular weight is 251 g/mol. The van der Waals surface area contributed by atoms with Crippen molar-refractivity contribution < 1.29 is 9.32 Å². The molecule has 0 saturated carbocycles. The molecule has 0 aliphatic carbocycles. The van der Waals surface area contributed by atoms with Gasteiger partial charge in [0.1, 0.15) is 6.42 Å². The molecular formula is C13H21N3O2. The number of amides is 1. The molecule has 0 atom stereocenters. The van der Waals surface area contributed by atoms with Crippen LogP contribution in [0.25, 0.3) is 0 Å². The second-order valence-corrected chi connectivity index (χ2v) is 4.82. The van der Waals surface area contributed by atoms with Crippen molar-refractivity contribution in [2.75, 3.05) is 13.1 Å². The molecule has 0 spiro atoms. The van der Waals surface area contributed by atoms with Crippen LogP contribution in [0.3, 0.4) is 0 Å². The minimum Gasteiger partial charge on any atom is -0.342 e. The lowest BCUT2D eigenvalue weighted by Gasteiger charge is -2.13. The van der Waals surface area contributed by atoms with Crippen LogP contribution in [0.2, 0.25) is 0 Å². The molecule has 0 aromatic carbocycles. The SMILES string of the molecule is CCC(CC)c1noc(CC(=O)N2CCCC2)n1. The van der Waals surface area contributed by atoms with Crippen LogP contribution in [0.4, 0.5) is 0 Å². The highest BCUT2D eigenvalue weighted by Gasteiger charge is 2.21. The number of nitrogens with zero attached hydrogens (tertiary/aromatic N) is 3. The molecule has 0 bridgehead atoms. The molecule has 18 heavy (non-hydrogen) atoms. The number of carbonyl (C=O) groups excluding carboxylic acids is 1. The number of carbonyl (C=O) groups is 1. The summed E-state index contributed by atoms with van der Waals surface area (Å²) in [4.78, 5) is 18.1. The Kier molecular flexibility index (Phi) is 4.33. The smallest absolute Gasteiger partial charge is 0.236 e. The van der Waals surface area contributed by atoms with Crippen molar-refractivity contribution in [1.82, 2.24) is 15.0 Å². The van der Waals surface area contributed by atoms with Gasteiger partial charge in [0.25, 0.3) is 0 Å². The van der Waals surface area contributed by atoms with E-state index in [1.165, 1.54) is 0 Å². The molecule has 1 aliphatic rings. The summed E-state index contributed by atoms with van der Waals surface area (Å²) in [6, 6.07) is 0. The van der Waals surface area contributed by atoms with Gasteiger partial charge in [-0.15, -0.1) is 0 Å². The predicted octanol–water partition coefficient (Wildman–Crippen LogP) is 2.14. The van der Waals surface area contributed by atoms with Crippen molar-refractivity contribution in [3.05, 3.63) is 11.7 Å². The third kappa shape index (κ3) is 2.89. The molecule has 1 fully saturated rings. The van der Waals surface area contributed by atoms with Gasteiger partial charge < -0.3 is 9.42 Å². The van der Waals surface area contributed by atoms with Gasteiger partial charge in [0.15, 0.2) is 5.82 Å². The molecule has 1 amide bonds. The molecule has 1 aromatic rings. The molecule has 2 heterocycles. The van der Waals surface area contributed by atoms with Crippen LogP contribution in [0.15, 0.2) is 4.52 Å². The molecule has 5 heteroatoms. The Bertz CT molecular complexity index is 393. The van der Waals surface area contributed by atoms with Crippen molar-refractivity contribution in [3.63, 3.8) is 0 Å². The summed E-state index contributed by atoms with van der Waals surface area (Å²) in [5.41, 5.74) is 0. The summed E-state index contributed by atoms with van der Waals surface area (Å²) in [6.45, 7) is 5.96. The Morgan fingerprint density at radius 2 is 2.00 bits per heavy atom. The number of rotatable bonds is 5. The first-order valence-corrected chi connectivity index (χ1v) is 6.84. The zero-order valence-corrected chi connectivity index (χ0v) is 11.2. The van der Waals surface area contributed by atoms with E-state index in [1.807, 2.05) is 4.90 Å². The fraction of sp³-hybridized carbons (Fsp3) is 0.769. The van der Waals surface area contributed by atoms with Crippen LogP contribution >= 0.6 is 0 Å². The molecule has 1 aromatic heterocycles. The van der Waals surface area contributed by atoms with Gasteiger partial charge >= 0.3 is 0 Å². The highest BCUT2D eigenvalue weighted by Crippen LogP contribution is 2.20. The lowest BCUT2D eigenvalue weighted by atomic mass is 10.0. The molecule has 2 rings (SSSR count). The second-order valence-electron chi connectivity index (χ2n) is 4.82. The van der Waals surface area contributed by atoms with Gasteiger partial charge in [0.05, 0.1) is 0 Å². The Morgan fingerprint density at radius 1 is 1.33 bits per heavy atom. The summed E-state index contributed by atoms with van der Waals surface area (Å²) < 4.78 is 5.17. The fourth-order valence-corrected chi connectivity index (χ4v) is 2.37. The first-order valence-electron chi connectivity index (χ1n) is 6.84. The molecule has 0 radical (unpaired) electrons. The van der Waals surface area contributed by atoms with Crippen molar-refractivity contribution >= 4 is 5.91 Å². The number of hydrogen-bond donors (Lipinski definition) is 0. The first kappa shape index (κ1) is 13.1. The topological polar surface area (TPSA) is 59.2 Å². The van der Waals surface area contributed by atoms with Crippen LogP contribution in [0, 0.1) is 0 Å². The average Bonchev–Trinajstić information content (AvgIpc) is 3.01. The minimum atomic E-state index is 0.104. The van der Waals surface area contributed by atoms with Crippen LogP contribution in [0.5, 0.6) is 0 Å². The second kappa shape index (κ2) is 5.98. The van der Waals surface area contributed by atoms with E-state index in [9.17, 15) is 4.79 Å². The lowest BCUT2D eigenvalue weighted by Crippen LogP contribution is -2.29. The van der Waals surface area contributed by atoms with Gasteiger partial charge in [-0.1, -0.05) is 19.0 Å². The summed E-state index contributed by atoms with van der Waals surface area (Å²) in [6.07, 6.45) is 4.45. The van der Waals surface area contributed by atoms with Crippen molar-refractivity contribution in [3.8, 4) is 0 Å². The van der Waals surface area contributed by atoms with Crippen LogP contribution < -0.4 is 0 Å². The third-order valence-electron chi connectivity index (χ3n) is 3.60. The molecule has 5 nitrogen and oxygen atoms in total. The van der Waals surface area contributed by atoms with Crippen LogP contribution in [0.1, 0.15) is 57.2 Å². The van der Waals surface area contributed by atoms with Crippen molar-refractivity contribution in [2.45, 2.75) is 51.9 Å². The van der Waals surface area contributed by atoms with E-state index in [2.05, 4.69) is 24.0 Å². The highest BCUT2D eigenvalue weighted by atomic mass is 16.5. The third-order valence-corrected chi connectivity index (χ3v) is 3.60. The fourth-order valence-electron chi connectivity index (χ4n) is 2.37. The van der Waals surface area contributed by atoms with Gasteiger partial charge in [-0.3, -0.25) is 4.79 Å². The Hall–Kier alpha value is -1.39. The van der Waals surface area contributed by atoms with Crippen LogP contribution in [-0.4, -0.2) is 34.0 Å². The van der Waals surface area contributed by atoms with Gasteiger partial charge in [0, 0.05) is 19.0 Å². The normalized spacial score (nSPS) is 15.6.